The van der Waals surface area contributed by atoms with E-state index in [0.717, 1.165) is 0 Å². The Morgan fingerprint density at radius 1 is 1.14 bits per heavy atom. The Labute approximate surface area is 123 Å². The molecule has 1 saturated heterocycles. The number of hydrogen-bond acceptors (Lipinski definition) is 5. The summed E-state index contributed by atoms with van der Waals surface area (Å²) in [5.41, 5.74) is 0.681. The van der Waals surface area contributed by atoms with Crippen LogP contribution in [0.25, 0.3) is 0 Å². The van der Waals surface area contributed by atoms with Crippen molar-refractivity contribution in [2.45, 2.75) is 18.4 Å². The molecular formula is C14H14BNO5. The Hall–Kier alpha value is -2.31. The molecule has 1 aromatic rings. The predicted octanol–water partition coefficient (Wildman–Crippen LogP) is 0.507. The summed E-state index contributed by atoms with van der Waals surface area (Å²) in [6.45, 7) is -0.186. The first-order valence-corrected chi connectivity index (χ1v) is 6.49. The molecule has 0 spiro atoms. The fraction of sp³-hybridized carbons (Fsp3) is 0.357. The fourth-order valence-electron chi connectivity index (χ4n) is 2.06. The van der Waals surface area contributed by atoms with Crippen molar-refractivity contribution in [3.05, 3.63) is 35.9 Å². The molecule has 21 heavy (non-hydrogen) atoms. The van der Waals surface area contributed by atoms with Crippen molar-refractivity contribution in [1.82, 2.24) is 5.32 Å². The van der Waals surface area contributed by atoms with Gasteiger partial charge in [0, 0.05) is 0 Å². The van der Waals surface area contributed by atoms with Gasteiger partial charge in [-0.05, 0) is 5.56 Å². The molecule has 1 amide bonds. The molecule has 2 rings (SSSR count). The van der Waals surface area contributed by atoms with Crippen molar-refractivity contribution in [1.29, 1.82) is 0 Å². The predicted molar refractivity (Wildman–Crippen MR) is 73.8 cm³/mol. The van der Waals surface area contributed by atoms with E-state index in [1.807, 2.05) is 6.07 Å². The second-order valence-corrected chi connectivity index (χ2v) is 4.69. The van der Waals surface area contributed by atoms with Crippen molar-refractivity contribution in [2.24, 2.45) is 0 Å². The van der Waals surface area contributed by atoms with E-state index >= 15 is 0 Å². The van der Waals surface area contributed by atoms with E-state index in [-0.39, 0.29) is 19.6 Å². The molecule has 7 heteroatoms. The summed E-state index contributed by atoms with van der Waals surface area (Å²) in [7, 11) is 5.01. The van der Waals surface area contributed by atoms with Crippen molar-refractivity contribution in [3.8, 4) is 0 Å². The molecule has 1 aromatic carbocycles. The van der Waals surface area contributed by atoms with Crippen LogP contribution in [0.4, 0.5) is 4.79 Å². The third kappa shape index (κ3) is 4.34. The van der Waals surface area contributed by atoms with Gasteiger partial charge in [0.1, 0.15) is 13.2 Å². The van der Waals surface area contributed by atoms with Gasteiger partial charge in [0.2, 0.25) is 7.85 Å². The molecule has 1 N–H and O–H groups in total. The Balaban J connectivity index is 2.13. The minimum absolute atomic E-state index is 0.0867. The van der Waals surface area contributed by atoms with Crippen LogP contribution < -0.4 is 5.32 Å². The zero-order valence-electron chi connectivity index (χ0n) is 11.3. The van der Waals surface area contributed by atoms with Crippen LogP contribution in [0.15, 0.2) is 30.3 Å². The average molecular weight is 287 g/mol. The molecule has 108 valence electrons. The number of ether oxygens (including phenoxy) is 2. The smallest absolute Gasteiger partial charge is 0.314 e. The van der Waals surface area contributed by atoms with Crippen LogP contribution in [0, 0.1) is 0 Å². The lowest BCUT2D eigenvalue weighted by Gasteiger charge is -2.17. The minimum Gasteiger partial charge on any atom is -0.463 e. The standard InChI is InChI=1S/C14H14BNO5/c15-14(19)16-10-7-20-12(17)6-11(13(18)21-8-10)9-4-2-1-3-5-9/h1-5,10-11H,6-8H2,(H,16,19). The van der Waals surface area contributed by atoms with E-state index < -0.39 is 29.7 Å². The average Bonchev–Trinajstić information content (AvgIpc) is 2.53. The lowest BCUT2D eigenvalue weighted by atomic mass is 9.96. The molecule has 1 heterocycles. The van der Waals surface area contributed by atoms with Gasteiger partial charge in [-0.25, -0.2) is 0 Å². The highest BCUT2D eigenvalue weighted by molar-refractivity contribution is 6.57. The number of cyclic esters (lactones) is 2. The van der Waals surface area contributed by atoms with Crippen LogP contribution in [-0.2, 0) is 19.1 Å². The Bertz CT molecular complexity index is 533. The van der Waals surface area contributed by atoms with Gasteiger partial charge in [-0.1, -0.05) is 30.3 Å². The number of esters is 2. The number of carbonyl (C=O) groups is 3. The molecule has 0 aliphatic carbocycles. The summed E-state index contributed by atoms with van der Waals surface area (Å²) >= 11 is 0. The van der Waals surface area contributed by atoms with Crippen molar-refractivity contribution in [2.75, 3.05) is 13.2 Å². The highest BCUT2D eigenvalue weighted by Crippen LogP contribution is 2.23. The minimum atomic E-state index is -0.772. The summed E-state index contributed by atoms with van der Waals surface area (Å²) in [4.78, 5) is 34.7. The lowest BCUT2D eigenvalue weighted by molar-refractivity contribution is -0.149. The normalized spacial score (nSPS) is 23.0. The molecular weight excluding hydrogens is 273 g/mol. The number of carbonyl (C=O) groups excluding carboxylic acids is 3. The van der Waals surface area contributed by atoms with Crippen molar-refractivity contribution < 1.29 is 23.9 Å². The van der Waals surface area contributed by atoms with E-state index in [4.69, 9.17) is 17.3 Å². The third-order valence-corrected chi connectivity index (χ3v) is 3.08. The van der Waals surface area contributed by atoms with Crippen molar-refractivity contribution >= 4 is 25.6 Å². The van der Waals surface area contributed by atoms with Crippen LogP contribution in [0.5, 0.6) is 0 Å². The molecule has 2 atom stereocenters. The quantitative estimate of drug-likeness (QED) is 0.633. The fourth-order valence-corrected chi connectivity index (χ4v) is 2.06. The SMILES string of the molecule is [B]C(=O)NC1COC(=O)CC(c2ccccc2)C(=O)OC1. The van der Waals surface area contributed by atoms with Crippen LogP contribution in [-0.4, -0.2) is 44.8 Å². The summed E-state index contributed by atoms with van der Waals surface area (Å²) in [5.74, 6) is -2.55. The number of nitrogens with one attached hydrogen (secondary N) is 1. The van der Waals surface area contributed by atoms with Crippen LogP contribution >= 0.6 is 0 Å². The topological polar surface area (TPSA) is 81.7 Å². The summed E-state index contributed by atoms with van der Waals surface area (Å²) in [5, 5.41) is 2.36. The van der Waals surface area contributed by atoms with Gasteiger partial charge in [0.15, 0.2) is 5.81 Å². The van der Waals surface area contributed by atoms with Crippen molar-refractivity contribution in [3.63, 3.8) is 0 Å². The highest BCUT2D eigenvalue weighted by Gasteiger charge is 2.29. The second kappa shape index (κ2) is 6.92. The maximum atomic E-state index is 12.1. The highest BCUT2D eigenvalue weighted by atomic mass is 16.6. The molecule has 1 aliphatic heterocycles. The van der Waals surface area contributed by atoms with Gasteiger partial charge in [-0.2, -0.15) is 0 Å². The van der Waals surface area contributed by atoms with Gasteiger partial charge < -0.3 is 14.8 Å². The van der Waals surface area contributed by atoms with Crippen LogP contribution in [0.1, 0.15) is 17.9 Å². The Morgan fingerprint density at radius 2 is 1.81 bits per heavy atom. The number of rotatable bonds is 2. The molecule has 0 saturated carbocycles. The summed E-state index contributed by atoms with van der Waals surface area (Å²) in [6, 6.07) is 8.21. The van der Waals surface area contributed by atoms with Gasteiger partial charge in [0.05, 0.1) is 18.4 Å². The monoisotopic (exact) mass is 287 g/mol. The number of hydrogen-bond donors (Lipinski definition) is 1. The second-order valence-electron chi connectivity index (χ2n) is 4.69. The Kier molecular flexibility index (Phi) is 4.97. The third-order valence-electron chi connectivity index (χ3n) is 3.08. The maximum absolute atomic E-state index is 12.1. The van der Waals surface area contributed by atoms with Crippen LogP contribution in [0.3, 0.4) is 0 Å². The Morgan fingerprint density at radius 3 is 2.48 bits per heavy atom. The van der Waals surface area contributed by atoms with E-state index in [1.165, 1.54) is 0 Å². The molecule has 6 nitrogen and oxygen atoms in total. The van der Waals surface area contributed by atoms with E-state index in [0.29, 0.717) is 5.56 Å². The van der Waals surface area contributed by atoms with Gasteiger partial charge >= 0.3 is 11.9 Å². The maximum Gasteiger partial charge on any atom is 0.314 e. The number of benzene rings is 1. The van der Waals surface area contributed by atoms with E-state index in [2.05, 4.69) is 5.32 Å². The first-order valence-electron chi connectivity index (χ1n) is 6.49. The van der Waals surface area contributed by atoms with E-state index in [9.17, 15) is 14.4 Å². The molecule has 1 aliphatic rings. The first kappa shape index (κ1) is 15.1. The number of amides is 1. The molecule has 0 bridgehead atoms. The first-order chi connectivity index (χ1) is 10.1. The van der Waals surface area contributed by atoms with E-state index in [1.54, 1.807) is 24.3 Å². The molecule has 2 unspecified atom stereocenters. The zero-order chi connectivity index (χ0) is 15.2. The lowest BCUT2D eigenvalue weighted by Crippen LogP contribution is -2.41. The van der Waals surface area contributed by atoms with Gasteiger partial charge in [0.25, 0.3) is 0 Å². The molecule has 2 radical (unpaired) electrons. The summed E-state index contributed by atoms with van der Waals surface area (Å²) < 4.78 is 10.2. The summed E-state index contributed by atoms with van der Waals surface area (Å²) in [6.07, 6.45) is -0.105. The van der Waals surface area contributed by atoms with Gasteiger partial charge in [-0.3, -0.25) is 14.4 Å². The zero-order valence-corrected chi connectivity index (χ0v) is 11.3. The molecule has 0 aromatic heterocycles. The van der Waals surface area contributed by atoms with Crippen LogP contribution in [0.2, 0.25) is 0 Å². The largest absolute Gasteiger partial charge is 0.463 e. The van der Waals surface area contributed by atoms with Gasteiger partial charge in [-0.15, -0.1) is 0 Å². The molecule has 1 fully saturated rings.